The van der Waals surface area contributed by atoms with Crippen molar-refractivity contribution in [1.82, 2.24) is 4.98 Å². The number of carboxylic acid groups (broad SMARTS) is 1. The number of aliphatic hydroxyl groups excluding tert-OH is 1. The predicted molar refractivity (Wildman–Crippen MR) is 101 cm³/mol. The van der Waals surface area contributed by atoms with Crippen LogP contribution in [0.15, 0.2) is 42.6 Å². The maximum absolute atomic E-state index is 12.2. The average molecular weight is 358 g/mol. The maximum atomic E-state index is 12.2. The first-order valence-electron chi connectivity index (χ1n) is 8.50. The largest absolute Gasteiger partial charge is 0.497 e. The quantitative estimate of drug-likeness (QED) is 0.818. The molecule has 0 radical (unpaired) electrons. The number of hydrogen-bond acceptors (Lipinski definition) is 4. The van der Waals surface area contributed by atoms with Crippen molar-refractivity contribution in [2.45, 2.75) is 33.2 Å². The van der Waals surface area contributed by atoms with Gasteiger partial charge in [0.1, 0.15) is 11.6 Å². The highest BCUT2D eigenvalue weighted by Gasteiger charge is 2.36. The van der Waals surface area contributed by atoms with Crippen molar-refractivity contribution in [2.75, 3.05) is 18.6 Å². The Morgan fingerprint density at radius 3 is 2.38 bits per heavy atom. The number of nitrogens with zero attached hydrogens (tertiary/aromatic N) is 2. The molecule has 2 rings (SSSR count). The fourth-order valence-electron chi connectivity index (χ4n) is 3.04. The second kappa shape index (κ2) is 8.19. The van der Waals surface area contributed by atoms with Gasteiger partial charge in [0, 0.05) is 12.8 Å². The van der Waals surface area contributed by atoms with Gasteiger partial charge in [0.2, 0.25) is 0 Å². The molecule has 0 spiro atoms. The minimum Gasteiger partial charge on any atom is -0.497 e. The Labute approximate surface area is 154 Å². The number of hydrogen-bond donors (Lipinski definition) is 2. The number of rotatable bonds is 6. The van der Waals surface area contributed by atoms with Gasteiger partial charge >= 0.3 is 6.09 Å². The summed E-state index contributed by atoms with van der Waals surface area (Å²) in [6.07, 6.45) is 0.949. The molecule has 0 aliphatic carbocycles. The monoisotopic (exact) mass is 358 g/mol. The van der Waals surface area contributed by atoms with Crippen molar-refractivity contribution in [3.8, 4) is 5.75 Å². The molecule has 0 bridgehead atoms. The average Bonchev–Trinajstić information content (AvgIpc) is 2.59. The molecule has 0 aliphatic rings. The van der Waals surface area contributed by atoms with E-state index in [4.69, 9.17) is 9.84 Å². The number of benzene rings is 1. The molecule has 1 amide bonds. The zero-order valence-electron chi connectivity index (χ0n) is 15.6. The Morgan fingerprint density at radius 1 is 1.23 bits per heavy atom. The number of ether oxygens (including phenoxy) is 1. The molecule has 6 nitrogen and oxygen atoms in total. The molecule has 1 atom stereocenters. The molecule has 140 valence electrons. The Hall–Kier alpha value is -2.60. The summed E-state index contributed by atoms with van der Waals surface area (Å²) >= 11 is 0. The van der Waals surface area contributed by atoms with E-state index in [9.17, 15) is 9.90 Å². The van der Waals surface area contributed by atoms with E-state index in [1.165, 1.54) is 4.90 Å². The molecule has 1 aromatic carbocycles. The molecule has 1 heterocycles. The number of aromatic nitrogens is 1. The third-order valence-corrected chi connectivity index (χ3v) is 4.17. The maximum Gasteiger partial charge on any atom is 0.413 e. The summed E-state index contributed by atoms with van der Waals surface area (Å²) in [6.45, 7) is 5.98. The lowest BCUT2D eigenvalue weighted by atomic mass is 9.81. The topological polar surface area (TPSA) is 82.9 Å². The van der Waals surface area contributed by atoms with E-state index in [2.05, 4.69) is 4.98 Å². The minimum absolute atomic E-state index is 0.00228. The zero-order chi connectivity index (χ0) is 19.3. The van der Waals surface area contributed by atoms with Gasteiger partial charge in [0.05, 0.1) is 13.2 Å². The van der Waals surface area contributed by atoms with Gasteiger partial charge in [0.25, 0.3) is 0 Å². The van der Waals surface area contributed by atoms with Crippen LogP contribution in [0.25, 0.3) is 0 Å². The molecule has 1 unspecified atom stereocenters. The van der Waals surface area contributed by atoms with Crippen molar-refractivity contribution in [2.24, 2.45) is 5.41 Å². The zero-order valence-corrected chi connectivity index (χ0v) is 15.6. The van der Waals surface area contributed by atoms with Crippen LogP contribution >= 0.6 is 0 Å². The molecule has 1 aromatic heterocycles. The molecular formula is C20H26N2O4. The Bertz CT molecular complexity index is 738. The highest BCUT2D eigenvalue weighted by Crippen LogP contribution is 2.40. The molecule has 6 heteroatoms. The first-order valence-corrected chi connectivity index (χ1v) is 8.50. The number of methoxy groups -OCH3 is 1. The number of aliphatic hydroxyl groups is 1. The highest BCUT2D eigenvalue weighted by atomic mass is 16.5. The first-order chi connectivity index (χ1) is 12.3. The highest BCUT2D eigenvalue weighted by molar-refractivity contribution is 5.86. The van der Waals surface area contributed by atoms with Crippen molar-refractivity contribution >= 4 is 11.9 Å². The van der Waals surface area contributed by atoms with Gasteiger partial charge in [-0.1, -0.05) is 32.9 Å². The smallest absolute Gasteiger partial charge is 0.413 e. The van der Waals surface area contributed by atoms with Gasteiger partial charge in [-0.2, -0.15) is 0 Å². The van der Waals surface area contributed by atoms with Crippen LogP contribution in [0, 0.1) is 5.41 Å². The van der Waals surface area contributed by atoms with Crippen molar-refractivity contribution in [1.29, 1.82) is 0 Å². The van der Waals surface area contributed by atoms with E-state index in [1.807, 2.05) is 45.0 Å². The van der Waals surface area contributed by atoms with Gasteiger partial charge in [-0.05, 0) is 47.2 Å². The summed E-state index contributed by atoms with van der Waals surface area (Å²) in [4.78, 5) is 17.7. The summed E-state index contributed by atoms with van der Waals surface area (Å²) in [5.74, 6) is 1.06. The lowest BCUT2D eigenvalue weighted by Gasteiger charge is -2.38. The van der Waals surface area contributed by atoms with Gasteiger partial charge in [-0.25, -0.2) is 9.78 Å². The van der Waals surface area contributed by atoms with E-state index in [0.717, 1.165) is 11.1 Å². The predicted octanol–water partition coefficient (Wildman–Crippen LogP) is 3.90. The van der Waals surface area contributed by atoms with Crippen LogP contribution in [0.1, 0.15) is 37.9 Å². The number of anilines is 1. The molecule has 0 aliphatic heterocycles. The van der Waals surface area contributed by atoms with Crippen molar-refractivity contribution in [3.05, 3.63) is 53.7 Å². The molecule has 2 N–H and O–H groups in total. The van der Waals surface area contributed by atoms with Gasteiger partial charge in [0.15, 0.2) is 0 Å². The third-order valence-electron chi connectivity index (χ3n) is 4.17. The van der Waals surface area contributed by atoms with Crippen LogP contribution in [0.2, 0.25) is 0 Å². The van der Waals surface area contributed by atoms with Gasteiger partial charge in [-0.3, -0.25) is 4.90 Å². The summed E-state index contributed by atoms with van der Waals surface area (Å²) in [5.41, 5.74) is 1.32. The van der Waals surface area contributed by atoms with Crippen LogP contribution in [-0.4, -0.2) is 35.0 Å². The third kappa shape index (κ3) is 4.52. The van der Waals surface area contributed by atoms with E-state index in [1.54, 1.807) is 25.4 Å². The van der Waals surface area contributed by atoms with Crippen LogP contribution in [0.5, 0.6) is 5.75 Å². The number of amides is 1. The summed E-state index contributed by atoms with van der Waals surface area (Å²) in [7, 11) is 1.59. The standard InChI is InChI=1S/C20H26N2O4/c1-20(2,3)18(15-5-7-16(26-4)8-6-15)22(19(24)25)17-13-14(10-12-23)9-11-21-17/h5-9,11,13,18,23H,10,12H2,1-4H3,(H,24,25). The van der Waals surface area contributed by atoms with Crippen LogP contribution < -0.4 is 9.64 Å². The Morgan fingerprint density at radius 2 is 1.88 bits per heavy atom. The number of carbonyl (C=O) groups is 1. The lowest BCUT2D eigenvalue weighted by molar-refractivity contribution is 0.189. The van der Waals surface area contributed by atoms with Crippen LogP contribution in [-0.2, 0) is 6.42 Å². The summed E-state index contributed by atoms with van der Waals surface area (Å²) < 4.78 is 5.20. The van der Waals surface area contributed by atoms with Crippen LogP contribution in [0.3, 0.4) is 0 Å². The molecule has 0 fully saturated rings. The number of pyridine rings is 1. The van der Waals surface area contributed by atoms with Gasteiger partial charge < -0.3 is 14.9 Å². The Balaban J connectivity index is 2.54. The summed E-state index contributed by atoms with van der Waals surface area (Å²) in [5, 5.41) is 19.1. The minimum atomic E-state index is -1.07. The second-order valence-electron chi connectivity index (χ2n) is 7.19. The lowest BCUT2D eigenvalue weighted by Crippen LogP contribution is -2.41. The molecule has 0 saturated carbocycles. The van der Waals surface area contributed by atoms with Crippen molar-refractivity contribution in [3.63, 3.8) is 0 Å². The van der Waals surface area contributed by atoms with E-state index >= 15 is 0 Å². The van der Waals surface area contributed by atoms with E-state index in [-0.39, 0.29) is 12.0 Å². The molecule has 0 saturated heterocycles. The SMILES string of the molecule is COc1ccc(C(N(C(=O)O)c2cc(CCO)ccn2)C(C)(C)C)cc1. The molecule has 2 aromatic rings. The summed E-state index contributed by atoms with van der Waals surface area (Å²) in [6, 6.07) is 10.5. The van der Waals surface area contributed by atoms with Gasteiger partial charge in [-0.15, -0.1) is 0 Å². The Kier molecular flexibility index (Phi) is 6.21. The van der Waals surface area contributed by atoms with E-state index in [0.29, 0.717) is 18.0 Å². The molecule has 26 heavy (non-hydrogen) atoms. The van der Waals surface area contributed by atoms with E-state index < -0.39 is 12.1 Å². The second-order valence-corrected chi connectivity index (χ2v) is 7.19. The van der Waals surface area contributed by atoms with Crippen molar-refractivity contribution < 1.29 is 19.7 Å². The van der Waals surface area contributed by atoms with Crippen LogP contribution in [0.4, 0.5) is 10.6 Å². The molecular weight excluding hydrogens is 332 g/mol. The normalized spacial score (nSPS) is 12.5. The fourth-order valence-corrected chi connectivity index (χ4v) is 3.04. The fraction of sp³-hybridized carbons (Fsp3) is 0.400. The first kappa shape index (κ1) is 19.7.